The highest BCUT2D eigenvalue weighted by molar-refractivity contribution is 6.04. The summed E-state index contributed by atoms with van der Waals surface area (Å²) in [5, 5.41) is 6.88. The smallest absolute Gasteiger partial charge is 0.255 e. The second-order valence-electron chi connectivity index (χ2n) is 6.00. The molecule has 28 heavy (non-hydrogen) atoms. The number of nitrogens with zero attached hydrogens (tertiary/aromatic N) is 4. The van der Waals surface area contributed by atoms with Crippen LogP contribution in [0.3, 0.4) is 0 Å². The van der Waals surface area contributed by atoms with Crippen LogP contribution >= 0.6 is 0 Å². The van der Waals surface area contributed by atoms with Crippen LogP contribution in [-0.2, 0) is 6.61 Å². The first-order valence-electron chi connectivity index (χ1n) is 8.67. The van der Waals surface area contributed by atoms with Crippen molar-refractivity contribution in [3.05, 3.63) is 96.7 Å². The second-order valence-corrected chi connectivity index (χ2v) is 6.00. The first kappa shape index (κ1) is 17.4. The van der Waals surface area contributed by atoms with E-state index in [1.165, 1.54) is 17.3 Å². The highest BCUT2D eigenvalue weighted by atomic mass is 16.5. The fourth-order valence-corrected chi connectivity index (χ4v) is 2.59. The van der Waals surface area contributed by atoms with Gasteiger partial charge in [0.15, 0.2) is 5.82 Å². The third-order valence-corrected chi connectivity index (χ3v) is 4.02. The normalized spacial score (nSPS) is 10.4. The topological polar surface area (TPSA) is 81.9 Å². The molecule has 0 aliphatic carbocycles. The molecule has 2 aromatic heterocycles. The van der Waals surface area contributed by atoms with Gasteiger partial charge in [-0.25, -0.2) is 14.6 Å². The number of ether oxygens (including phenoxy) is 1. The fourth-order valence-electron chi connectivity index (χ4n) is 2.59. The second kappa shape index (κ2) is 8.13. The average molecular weight is 371 g/mol. The van der Waals surface area contributed by atoms with Crippen LogP contribution < -0.4 is 10.1 Å². The lowest BCUT2D eigenvalue weighted by Crippen LogP contribution is -2.13. The molecule has 0 bridgehead atoms. The Morgan fingerprint density at radius 2 is 1.86 bits per heavy atom. The summed E-state index contributed by atoms with van der Waals surface area (Å²) in [6, 6.07) is 20.5. The summed E-state index contributed by atoms with van der Waals surface area (Å²) in [6.07, 6.45) is 4.50. The number of nitrogens with one attached hydrogen (secondary N) is 1. The summed E-state index contributed by atoms with van der Waals surface area (Å²) in [7, 11) is 0. The third kappa shape index (κ3) is 4.21. The van der Waals surface area contributed by atoms with Crippen molar-refractivity contribution in [2.24, 2.45) is 0 Å². The molecule has 2 aromatic carbocycles. The molecular formula is C21H17N5O2. The van der Waals surface area contributed by atoms with E-state index < -0.39 is 0 Å². The van der Waals surface area contributed by atoms with Crippen LogP contribution in [0.5, 0.6) is 5.75 Å². The average Bonchev–Trinajstić information content (AvgIpc) is 3.29. The van der Waals surface area contributed by atoms with E-state index >= 15 is 0 Å². The van der Waals surface area contributed by atoms with Crippen molar-refractivity contribution in [1.29, 1.82) is 0 Å². The minimum Gasteiger partial charge on any atom is -0.489 e. The maximum Gasteiger partial charge on any atom is 0.255 e. The molecule has 1 amide bonds. The van der Waals surface area contributed by atoms with Gasteiger partial charge >= 0.3 is 0 Å². The maximum atomic E-state index is 12.5. The van der Waals surface area contributed by atoms with Crippen LogP contribution in [0.15, 0.2) is 85.6 Å². The predicted molar refractivity (Wildman–Crippen MR) is 104 cm³/mol. The SMILES string of the molecule is O=C(Nc1ccc(OCc2ccccc2)cc1)c1ccnc(-n2cncn2)c1. The Bertz CT molecular complexity index is 1050. The summed E-state index contributed by atoms with van der Waals surface area (Å²) in [4.78, 5) is 20.6. The fraction of sp³-hybridized carbons (Fsp3) is 0.0476. The number of rotatable bonds is 6. The van der Waals surface area contributed by atoms with E-state index in [1.807, 2.05) is 42.5 Å². The van der Waals surface area contributed by atoms with E-state index in [-0.39, 0.29) is 5.91 Å². The molecule has 7 heteroatoms. The van der Waals surface area contributed by atoms with E-state index in [4.69, 9.17) is 4.74 Å². The van der Waals surface area contributed by atoms with E-state index in [0.717, 1.165) is 11.3 Å². The van der Waals surface area contributed by atoms with Gasteiger partial charge in [-0.15, -0.1) is 0 Å². The number of pyridine rings is 1. The van der Waals surface area contributed by atoms with Crippen molar-refractivity contribution in [2.45, 2.75) is 6.61 Å². The summed E-state index contributed by atoms with van der Waals surface area (Å²) >= 11 is 0. The Hall–Kier alpha value is -4.00. The number of carbonyl (C=O) groups excluding carboxylic acids is 1. The molecule has 0 saturated heterocycles. The Morgan fingerprint density at radius 3 is 2.61 bits per heavy atom. The van der Waals surface area contributed by atoms with Crippen molar-refractivity contribution in [3.8, 4) is 11.6 Å². The zero-order chi connectivity index (χ0) is 19.2. The predicted octanol–water partition coefficient (Wildman–Crippen LogP) is 3.49. The minimum atomic E-state index is -0.235. The summed E-state index contributed by atoms with van der Waals surface area (Å²) in [5.41, 5.74) is 2.25. The van der Waals surface area contributed by atoms with Crippen molar-refractivity contribution < 1.29 is 9.53 Å². The Balaban J connectivity index is 1.39. The van der Waals surface area contributed by atoms with Gasteiger partial charge in [0.2, 0.25) is 0 Å². The van der Waals surface area contributed by atoms with E-state index in [2.05, 4.69) is 20.4 Å². The Morgan fingerprint density at radius 1 is 1.04 bits per heavy atom. The molecule has 4 aromatic rings. The van der Waals surface area contributed by atoms with Gasteiger partial charge in [0.1, 0.15) is 25.0 Å². The number of anilines is 1. The first-order valence-corrected chi connectivity index (χ1v) is 8.67. The van der Waals surface area contributed by atoms with Gasteiger partial charge in [0.05, 0.1) is 0 Å². The molecule has 2 heterocycles. The molecule has 0 saturated carbocycles. The van der Waals surface area contributed by atoms with Crippen LogP contribution in [0, 0.1) is 0 Å². The monoisotopic (exact) mass is 371 g/mol. The van der Waals surface area contributed by atoms with Gasteiger partial charge in [-0.05, 0) is 42.0 Å². The first-order chi connectivity index (χ1) is 13.8. The number of aromatic nitrogens is 4. The van der Waals surface area contributed by atoms with Gasteiger partial charge < -0.3 is 10.1 Å². The molecule has 138 valence electrons. The van der Waals surface area contributed by atoms with Crippen LogP contribution in [0.4, 0.5) is 5.69 Å². The van der Waals surface area contributed by atoms with E-state index in [9.17, 15) is 4.79 Å². The van der Waals surface area contributed by atoms with Gasteiger partial charge in [0.25, 0.3) is 5.91 Å². The highest BCUT2D eigenvalue weighted by Gasteiger charge is 2.09. The van der Waals surface area contributed by atoms with Gasteiger partial charge in [-0.3, -0.25) is 4.79 Å². The molecule has 4 rings (SSSR count). The molecule has 0 radical (unpaired) electrons. The molecule has 0 atom stereocenters. The molecule has 0 fully saturated rings. The third-order valence-electron chi connectivity index (χ3n) is 4.02. The van der Waals surface area contributed by atoms with Crippen molar-refractivity contribution in [1.82, 2.24) is 19.7 Å². The highest BCUT2D eigenvalue weighted by Crippen LogP contribution is 2.18. The lowest BCUT2D eigenvalue weighted by Gasteiger charge is -2.09. The van der Waals surface area contributed by atoms with Crippen LogP contribution in [0.2, 0.25) is 0 Å². The Kier molecular flexibility index (Phi) is 5.06. The molecule has 1 N–H and O–H groups in total. The number of amides is 1. The van der Waals surface area contributed by atoms with Crippen LogP contribution in [0.1, 0.15) is 15.9 Å². The van der Waals surface area contributed by atoms with E-state index in [0.29, 0.717) is 23.7 Å². The standard InChI is InChI=1S/C21H17N5O2/c27-21(17-10-11-23-20(12-17)26-15-22-14-24-26)25-18-6-8-19(9-7-18)28-13-16-4-2-1-3-5-16/h1-12,14-15H,13H2,(H,25,27). The maximum absolute atomic E-state index is 12.5. The summed E-state index contributed by atoms with van der Waals surface area (Å²) in [6.45, 7) is 0.495. The lowest BCUT2D eigenvalue weighted by molar-refractivity contribution is 0.102. The molecule has 0 spiro atoms. The zero-order valence-electron chi connectivity index (χ0n) is 14.9. The zero-order valence-corrected chi connectivity index (χ0v) is 14.9. The number of benzene rings is 2. The van der Waals surface area contributed by atoms with Crippen molar-refractivity contribution in [2.75, 3.05) is 5.32 Å². The van der Waals surface area contributed by atoms with Gasteiger partial charge in [0, 0.05) is 17.4 Å². The number of carbonyl (C=O) groups is 1. The molecular weight excluding hydrogens is 354 g/mol. The van der Waals surface area contributed by atoms with Gasteiger partial charge in [-0.1, -0.05) is 30.3 Å². The van der Waals surface area contributed by atoms with Gasteiger partial charge in [-0.2, -0.15) is 5.10 Å². The minimum absolute atomic E-state index is 0.235. The molecule has 0 aliphatic rings. The number of hydrogen-bond donors (Lipinski definition) is 1. The van der Waals surface area contributed by atoms with Crippen LogP contribution in [-0.4, -0.2) is 25.7 Å². The molecule has 7 nitrogen and oxygen atoms in total. The summed E-state index contributed by atoms with van der Waals surface area (Å²) in [5.74, 6) is 1.02. The lowest BCUT2D eigenvalue weighted by atomic mass is 10.2. The van der Waals surface area contributed by atoms with Crippen molar-refractivity contribution >= 4 is 11.6 Å². The quantitative estimate of drug-likeness (QED) is 0.561. The number of hydrogen-bond acceptors (Lipinski definition) is 5. The largest absolute Gasteiger partial charge is 0.489 e. The molecule has 0 aliphatic heterocycles. The van der Waals surface area contributed by atoms with Crippen molar-refractivity contribution in [3.63, 3.8) is 0 Å². The summed E-state index contributed by atoms with van der Waals surface area (Å²) < 4.78 is 7.25. The Labute approximate surface area is 161 Å². The molecule has 0 unspecified atom stereocenters. The van der Waals surface area contributed by atoms with Crippen LogP contribution in [0.25, 0.3) is 5.82 Å². The van der Waals surface area contributed by atoms with E-state index in [1.54, 1.807) is 30.5 Å².